The molecule has 0 bridgehead atoms. The van der Waals surface area contributed by atoms with Crippen molar-refractivity contribution in [1.29, 1.82) is 0 Å². The molecule has 70 valence electrons. The van der Waals surface area contributed by atoms with Crippen LogP contribution in [0.2, 0.25) is 5.02 Å². The van der Waals surface area contributed by atoms with E-state index in [1.807, 2.05) is 18.2 Å². The monoisotopic (exact) mass is 260 g/mol. The summed E-state index contributed by atoms with van der Waals surface area (Å²) in [6, 6.07) is 5.73. The standard InChI is InChI=1S/C10H10BrClO/c11-9-2-1-7(12)5-8(9)10(6-13)3-4-10/h1-2,5,13H,3-4,6H2. The van der Waals surface area contributed by atoms with Crippen LogP contribution in [-0.4, -0.2) is 11.7 Å². The minimum Gasteiger partial charge on any atom is -0.395 e. The molecular formula is C10H10BrClO. The molecule has 1 aromatic carbocycles. The summed E-state index contributed by atoms with van der Waals surface area (Å²) >= 11 is 9.38. The van der Waals surface area contributed by atoms with E-state index in [1.165, 1.54) is 0 Å². The Morgan fingerprint density at radius 1 is 1.46 bits per heavy atom. The first-order valence-electron chi connectivity index (χ1n) is 4.24. The molecule has 0 aliphatic heterocycles. The van der Waals surface area contributed by atoms with Gasteiger partial charge in [-0.05, 0) is 36.6 Å². The van der Waals surface area contributed by atoms with Crippen LogP contribution in [0.3, 0.4) is 0 Å². The highest BCUT2D eigenvalue weighted by molar-refractivity contribution is 9.10. The molecule has 0 radical (unpaired) electrons. The number of hydrogen-bond donors (Lipinski definition) is 1. The third kappa shape index (κ3) is 1.63. The Morgan fingerprint density at radius 2 is 2.15 bits per heavy atom. The third-order valence-corrected chi connectivity index (χ3v) is 3.58. The molecule has 1 aliphatic rings. The molecule has 0 amide bonds. The van der Waals surface area contributed by atoms with E-state index in [0.29, 0.717) is 0 Å². The zero-order chi connectivity index (χ0) is 9.47. The minimum atomic E-state index is -0.0102. The van der Waals surface area contributed by atoms with E-state index in [0.717, 1.165) is 27.9 Å². The van der Waals surface area contributed by atoms with Crippen molar-refractivity contribution in [3.05, 3.63) is 33.3 Å². The zero-order valence-electron chi connectivity index (χ0n) is 7.06. The van der Waals surface area contributed by atoms with Gasteiger partial charge in [-0.1, -0.05) is 27.5 Å². The van der Waals surface area contributed by atoms with Crippen molar-refractivity contribution in [3.63, 3.8) is 0 Å². The molecule has 0 aromatic heterocycles. The molecule has 0 heterocycles. The van der Waals surface area contributed by atoms with Crippen LogP contribution in [0.15, 0.2) is 22.7 Å². The molecule has 3 heteroatoms. The summed E-state index contributed by atoms with van der Waals surface area (Å²) in [5, 5.41) is 10.00. The largest absolute Gasteiger partial charge is 0.395 e. The molecule has 0 saturated heterocycles. The number of benzene rings is 1. The smallest absolute Gasteiger partial charge is 0.0528 e. The molecule has 1 aliphatic carbocycles. The van der Waals surface area contributed by atoms with Crippen molar-refractivity contribution >= 4 is 27.5 Å². The maximum Gasteiger partial charge on any atom is 0.0528 e. The zero-order valence-corrected chi connectivity index (χ0v) is 9.40. The lowest BCUT2D eigenvalue weighted by Crippen LogP contribution is -2.12. The van der Waals surface area contributed by atoms with Crippen LogP contribution < -0.4 is 0 Å². The van der Waals surface area contributed by atoms with Gasteiger partial charge in [0.1, 0.15) is 0 Å². The lowest BCUT2D eigenvalue weighted by atomic mass is 9.97. The number of aliphatic hydroxyl groups excluding tert-OH is 1. The minimum absolute atomic E-state index is 0.0102. The van der Waals surface area contributed by atoms with Crippen LogP contribution in [-0.2, 0) is 5.41 Å². The first kappa shape index (κ1) is 9.50. The van der Waals surface area contributed by atoms with E-state index in [2.05, 4.69) is 15.9 Å². The highest BCUT2D eigenvalue weighted by Crippen LogP contribution is 2.50. The van der Waals surface area contributed by atoms with Gasteiger partial charge in [-0.3, -0.25) is 0 Å². The molecule has 1 fully saturated rings. The van der Waals surface area contributed by atoms with Gasteiger partial charge >= 0.3 is 0 Å². The molecule has 0 atom stereocenters. The van der Waals surface area contributed by atoms with Crippen molar-refractivity contribution < 1.29 is 5.11 Å². The van der Waals surface area contributed by atoms with Gasteiger partial charge in [-0.2, -0.15) is 0 Å². The first-order valence-corrected chi connectivity index (χ1v) is 5.41. The van der Waals surface area contributed by atoms with Crippen molar-refractivity contribution in [2.24, 2.45) is 0 Å². The highest BCUT2D eigenvalue weighted by Gasteiger charge is 2.44. The van der Waals surface area contributed by atoms with Crippen molar-refractivity contribution in [2.75, 3.05) is 6.61 Å². The Morgan fingerprint density at radius 3 is 2.69 bits per heavy atom. The normalized spacial score (nSPS) is 18.7. The van der Waals surface area contributed by atoms with Crippen molar-refractivity contribution in [3.8, 4) is 0 Å². The van der Waals surface area contributed by atoms with Crippen LogP contribution in [0, 0.1) is 0 Å². The summed E-state index contributed by atoms with van der Waals surface area (Å²) in [5.41, 5.74) is 1.13. The number of aliphatic hydroxyl groups is 1. The van der Waals surface area contributed by atoms with Crippen LogP contribution in [0.4, 0.5) is 0 Å². The van der Waals surface area contributed by atoms with E-state index in [4.69, 9.17) is 11.6 Å². The lowest BCUT2D eigenvalue weighted by Gasteiger charge is -2.14. The van der Waals surface area contributed by atoms with Gasteiger partial charge in [0.05, 0.1) is 6.61 Å². The Hall–Kier alpha value is -0.0500. The second-order valence-electron chi connectivity index (χ2n) is 3.56. The average molecular weight is 262 g/mol. The molecule has 1 N–H and O–H groups in total. The summed E-state index contributed by atoms with van der Waals surface area (Å²) in [7, 11) is 0. The summed E-state index contributed by atoms with van der Waals surface area (Å²) in [5.74, 6) is 0. The van der Waals surface area contributed by atoms with E-state index >= 15 is 0 Å². The maximum atomic E-state index is 9.26. The van der Waals surface area contributed by atoms with E-state index < -0.39 is 0 Å². The predicted molar refractivity (Wildman–Crippen MR) is 57.1 cm³/mol. The average Bonchev–Trinajstić information content (AvgIpc) is 2.90. The lowest BCUT2D eigenvalue weighted by molar-refractivity contribution is 0.254. The topological polar surface area (TPSA) is 20.2 Å². The quantitative estimate of drug-likeness (QED) is 0.867. The van der Waals surface area contributed by atoms with Gasteiger partial charge in [0.25, 0.3) is 0 Å². The van der Waals surface area contributed by atoms with Gasteiger partial charge in [-0.25, -0.2) is 0 Å². The fraction of sp³-hybridized carbons (Fsp3) is 0.400. The Kier molecular flexibility index (Phi) is 2.39. The highest BCUT2D eigenvalue weighted by atomic mass is 79.9. The predicted octanol–water partition coefficient (Wildman–Crippen LogP) is 3.13. The van der Waals surface area contributed by atoms with Gasteiger partial charge in [0.15, 0.2) is 0 Å². The van der Waals surface area contributed by atoms with Crippen LogP contribution >= 0.6 is 27.5 Å². The van der Waals surface area contributed by atoms with Gasteiger partial charge in [0.2, 0.25) is 0 Å². The fourth-order valence-electron chi connectivity index (χ4n) is 1.57. The number of hydrogen-bond acceptors (Lipinski definition) is 1. The van der Waals surface area contributed by atoms with Crippen molar-refractivity contribution in [2.45, 2.75) is 18.3 Å². The molecule has 1 saturated carbocycles. The third-order valence-electron chi connectivity index (χ3n) is 2.66. The molecule has 1 aromatic rings. The SMILES string of the molecule is OCC1(c2cc(Cl)ccc2Br)CC1. The summed E-state index contributed by atoms with van der Waals surface area (Å²) in [6.45, 7) is 0.214. The Balaban J connectivity index is 2.44. The number of rotatable bonds is 2. The van der Waals surface area contributed by atoms with Gasteiger partial charge in [-0.15, -0.1) is 0 Å². The second kappa shape index (κ2) is 3.26. The second-order valence-corrected chi connectivity index (χ2v) is 4.85. The molecular weight excluding hydrogens is 251 g/mol. The van der Waals surface area contributed by atoms with Gasteiger partial charge in [0, 0.05) is 14.9 Å². The first-order chi connectivity index (χ1) is 6.18. The Labute approximate surface area is 90.9 Å². The summed E-state index contributed by atoms with van der Waals surface area (Å²) in [6.07, 6.45) is 2.12. The number of halogens is 2. The van der Waals surface area contributed by atoms with E-state index in [1.54, 1.807) is 0 Å². The molecule has 13 heavy (non-hydrogen) atoms. The summed E-state index contributed by atoms with van der Waals surface area (Å²) in [4.78, 5) is 0. The molecule has 1 nitrogen and oxygen atoms in total. The van der Waals surface area contributed by atoms with Crippen LogP contribution in [0.25, 0.3) is 0 Å². The fourth-order valence-corrected chi connectivity index (χ4v) is 2.41. The Bertz CT molecular complexity index is 334. The van der Waals surface area contributed by atoms with E-state index in [9.17, 15) is 5.11 Å². The van der Waals surface area contributed by atoms with Crippen LogP contribution in [0.1, 0.15) is 18.4 Å². The molecule has 0 spiro atoms. The maximum absolute atomic E-state index is 9.26. The summed E-state index contributed by atoms with van der Waals surface area (Å²) < 4.78 is 1.04. The molecule has 0 unspecified atom stereocenters. The molecule has 2 rings (SSSR count). The van der Waals surface area contributed by atoms with Gasteiger partial charge < -0.3 is 5.11 Å². The van der Waals surface area contributed by atoms with Crippen LogP contribution in [0.5, 0.6) is 0 Å². The van der Waals surface area contributed by atoms with Crippen molar-refractivity contribution in [1.82, 2.24) is 0 Å². The van der Waals surface area contributed by atoms with E-state index in [-0.39, 0.29) is 12.0 Å².